The predicted octanol–water partition coefficient (Wildman–Crippen LogP) is 6.52. The average Bonchev–Trinajstić information content (AvgIpc) is 2.82. The molecule has 0 atom stereocenters. The number of methoxy groups -OCH3 is 1. The van der Waals surface area contributed by atoms with Crippen LogP contribution in [0.3, 0.4) is 0 Å². The maximum Gasteiger partial charge on any atom is 0.349 e. The van der Waals surface area contributed by atoms with Gasteiger partial charge in [0.15, 0.2) is 18.1 Å². The first-order valence-corrected chi connectivity index (χ1v) is 10.8. The number of rotatable bonds is 8. The van der Waals surface area contributed by atoms with E-state index in [0.29, 0.717) is 22.1 Å². The van der Waals surface area contributed by atoms with Gasteiger partial charge in [-0.05, 0) is 59.0 Å². The van der Waals surface area contributed by atoms with E-state index in [2.05, 4.69) is 19.9 Å². The summed E-state index contributed by atoms with van der Waals surface area (Å²) in [6.45, 7) is 3.89. The third-order valence-corrected chi connectivity index (χ3v) is 5.14. The quantitative estimate of drug-likeness (QED) is 0.165. The topological polar surface area (TPSA) is 68.5 Å². The molecule has 168 valence electrons. The minimum atomic E-state index is -0.547. The molecule has 0 aliphatic carbocycles. The molecule has 0 aromatic heterocycles. The SMILES string of the molecule is COc1cc(C=C(C#N)c2ccc(Cl)cc2)ccc1OC(=O)COc1ccccc1C(C)C. The Balaban J connectivity index is 1.73. The lowest BCUT2D eigenvalue weighted by atomic mass is 10.0. The van der Waals surface area contributed by atoms with E-state index in [-0.39, 0.29) is 18.3 Å². The van der Waals surface area contributed by atoms with Crippen molar-refractivity contribution in [3.8, 4) is 23.3 Å². The summed E-state index contributed by atoms with van der Waals surface area (Å²) in [6.07, 6.45) is 1.73. The van der Waals surface area contributed by atoms with Crippen molar-refractivity contribution in [2.45, 2.75) is 19.8 Å². The van der Waals surface area contributed by atoms with Crippen LogP contribution in [0.25, 0.3) is 11.6 Å². The van der Waals surface area contributed by atoms with E-state index >= 15 is 0 Å². The lowest BCUT2D eigenvalue weighted by Crippen LogP contribution is -2.18. The Labute approximate surface area is 198 Å². The normalized spacial score (nSPS) is 11.1. The van der Waals surface area contributed by atoms with Crippen molar-refractivity contribution in [1.82, 2.24) is 0 Å². The van der Waals surface area contributed by atoms with Gasteiger partial charge in [0.25, 0.3) is 0 Å². The highest BCUT2D eigenvalue weighted by molar-refractivity contribution is 6.30. The van der Waals surface area contributed by atoms with Gasteiger partial charge in [-0.1, -0.05) is 61.8 Å². The van der Waals surface area contributed by atoms with Crippen molar-refractivity contribution in [3.63, 3.8) is 0 Å². The van der Waals surface area contributed by atoms with E-state index in [1.165, 1.54) is 7.11 Å². The fourth-order valence-corrected chi connectivity index (χ4v) is 3.34. The number of nitrogens with zero attached hydrogens (tertiary/aromatic N) is 1. The molecule has 3 aromatic carbocycles. The number of benzene rings is 3. The molecule has 3 rings (SSSR count). The molecule has 0 amide bonds. The summed E-state index contributed by atoms with van der Waals surface area (Å²) >= 11 is 5.93. The molecule has 0 heterocycles. The number of para-hydroxylation sites is 1. The van der Waals surface area contributed by atoms with Gasteiger partial charge < -0.3 is 14.2 Å². The van der Waals surface area contributed by atoms with Crippen LogP contribution in [0.4, 0.5) is 0 Å². The van der Waals surface area contributed by atoms with Gasteiger partial charge in [0, 0.05) is 5.02 Å². The zero-order valence-electron chi connectivity index (χ0n) is 18.7. The molecule has 0 fully saturated rings. The second-order valence-corrected chi connectivity index (χ2v) is 7.98. The van der Waals surface area contributed by atoms with Gasteiger partial charge in [0.1, 0.15) is 5.75 Å². The number of allylic oxidation sites excluding steroid dienone is 1. The smallest absolute Gasteiger partial charge is 0.349 e. The van der Waals surface area contributed by atoms with E-state index in [1.807, 2.05) is 24.3 Å². The minimum Gasteiger partial charge on any atom is -0.493 e. The van der Waals surface area contributed by atoms with Crippen LogP contribution in [0, 0.1) is 11.3 Å². The summed E-state index contributed by atoms with van der Waals surface area (Å²) < 4.78 is 16.5. The second-order valence-electron chi connectivity index (χ2n) is 7.54. The third-order valence-electron chi connectivity index (χ3n) is 4.88. The van der Waals surface area contributed by atoms with Crippen molar-refractivity contribution in [3.05, 3.63) is 88.4 Å². The number of hydrogen-bond donors (Lipinski definition) is 0. The highest BCUT2D eigenvalue weighted by atomic mass is 35.5. The zero-order chi connectivity index (χ0) is 23.8. The standard InChI is InChI=1S/C27H24ClNO4/c1-18(2)23-6-4-5-7-24(23)32-17-27(30)33-25-13-8-19(15-26(25)31-3)14-21(16-29)20-9-11-22(28)12-10-20/h4-15,18H,17H2,1-3H3. The van der Waals surface area contributed by atoms with E-state index < -0.39 is 5.97 Å². The number of esters is 1. The molecule has 5 nitrogen and oxygen atoms in total. The molecule has 0 saturated carbocycles. The van der Waals surface area contributed by atoms with Crippen LogP contribution in [0.15, 0.2) is 66.7 Å². The Morgan fingerprint density at radius 2 is 1.76 bits per heavy atom. The molecule has 0 aliphatic rings. The van der Waals surface area contributed by atoms with Crippen molar-refractivity contribution in [2.24, 2.45) is 0 Å². The molecule has 3 aromatic rings. The van der Waals surface area contributed by atoms with E-state index in [0.717, 1.165) is 16.7 Å². The van der Waals surface area contributed by atoms with Gasteiger partial charge >= 0.3 is 5.97 Å². The molecule has 0 saturated heterocycles. The minimum absolute atomic E-state index is 0.232. The highest BCUT2D eigenvalue weighted by Gasteiger charge is 2.14. The van der Waals surface area contributed by atoms with Crippen molar-refractivity contribution in [2.75, 3.05) is 13.7 Å². The maximum atomic E-state index is 12.4. The van der Waals surface area contributed by atoms with E-state index in [9.17, 15) is 10.1 Å². The molecule has 0 radical (unpaired) electrons. The summed E-state index contributed by atoms with van der Waals surface area (Å²) in [5.74, 6) is 1.01. The summed E-state index contributed by atoms with van der Waals surface area (Å²) in [5, 5.41) is 10.1. The Morgan fingerprint density at radius 1 is 1.03 bits per heavy atom. The summed E-state index contributed by atoms with van der Waals surface area (Å²) in [4.78, 5) is 12.4. The predicted molar refractivity (Wildman–Crippen MR) is 130 cm³/mol. The molecule has 0 aliphatic heterocycles. The van der Waals surface area contributed by atoms with Crippen LogP contribution >= 0.6 is 11.6 Å². The fourth-order valence-electron chi connectivity index (χ4n) is 3.21. The Bertz CT molecular complexity index is 1190. The lowest BCUT2D eigenvalue weighted by Gasteiger charge is -2.14. The summed E-state index contributed by atoms with van der Waals surface area (Å²) in [5.41, 5.74) is 2.96. The highest BCUT2D eigenvalue weighted by Crippen LogP contribution is 2.31. The lowest BCUT2D eigenvalue weighted by molar-refractivity contribution is -0.136. The van der Waals surface area contributed by atoms with Crippen LogP contribution in [-0.2, 0) is 4.79 Å². The maximum absolute atomic E-state index is 12.4. The summed E-state index contributed by atoms with van der Waals surface area (Å²) in [7, 11) is 1.49. The van der Waals surface area contributed by atoms with Crippen LogP contribution in [-0.4, -0.2) is 19.7 Å². The Morgan fingerprint density at radius 3 is 2.42 bits per heavy atom. The molecular weight excluding hydrogens is 438 g/mol. The first-order chi connectivity index (χ1) is 15.9. The van der Waals surface area contributed by atoms with Crippen molar-refractivity contribution in [1.29, 1.82) is 5.26 Å². The first kappa shape index (κ1) is 23.9. The number of carbonyl (C=O) groups excluding carboxylic acids is 1. The van der Waals surface area contributed by atoms with Gasteiger partial charge in [-0.3, -0.25) is 0 Å². The Kier molecular flexibility index (Phi) is 8.12. The average molecular weight is 462 g/mol. The monoisotopic (exact) mass is 461 g/mol. The molecule has 0 unspecified atom stereocenters. The third kappa shape index (κ3) is 6.38. The molecule has 0 spiro atoms. The van der Waals surface area contributed by atoms with E-state index in [1.54, 1.807) is 48.5 Å². The molecule has 0 bridgehead atoms. The number of carbonyl (C=O) groups is 1. The second kappa shape index (κ2) is 11.2. The zero-order valence-corrected chi connectivity index (χ0v) is 19.4. The number of halogens is 1. The molecule has 6 heteroatoms. The van der Waals surface area contributed by atoms with Gasteiger partial charge in [-0.2, -0.15) is 5.26 Å². The first-order valence-electron chi connectivity index (χ1n) is 10.4. The fraction of sp³-hybridized carbons (Fsp3) is 0.185. The van der Waals surface area contributed by atoms with E-state index in [4.69, 9.17) is 25.8 Å². The largest absolute Gasteiger partial charge is 0.493 e. The molecular formula is C27H24ClNO4. The molecule has 0 N–H and O–H groups in total. The number of nitriles is 1. The van der Waals surface area contributed by atoms with Crippen LogP contribution < -0.4 is 14.2 Å². The summed E-state index contributed by atoms with van der Waals surface area (Å²) in [6, 6.07) is 21.9. The van der Waals surface area contributed by atoms with Gasteiger partial charge in [-0.15, -0.1) is 0 Å². The number of hydrogen-bond acceptors (Lipinski definition) is 5. The number of ether oxygens (including phenoxy) is 3. The van der Waals surface area contributed by atoms with Crippen LogP contribution in [0.2, 0.25) is 5.02 Å². The van der Waals surface area contributed by atoms with Crippen molar-refractivity contribution >= 4 is 29.2 Å². The van der Waals surface area contributed by atoms with Gasteiger partial charge in [0.05, 0.1) is 18.8 Å². The van der Waals surface area contributed by atoms with Gasteiger partial charge in [0.2, 0.25) is 0 Å². The van der Waals surface area contributed by atoms with Gasteiger partial charge in [-0.25, -0.2) is 4.79 Å². The van der Waals surface area contributed by atoms with Crippen molar-refractivity contribution < 1.29 is 19.0 Å². The van der Waals surface area contributed by atoms with Crippen LogP contribution in [0.5, 0.6) is 17.2 Å². The van der Waals surface area contributed by atoms with Crippen LogP contribution in [0.1, 0.15) is 36.5 Å². The molecule has 33 heavy (non-hydrogen) atoms. The Hall–Kier alpha value is -3.75.